The molecule has 2 unspecified atom stereocenters. The largest absolute Gasteiger partial charge is 0.350 e. The third kappa shape index (κ3) is 5.38. The molecule has 2 heterocycles. The number of benzene rings is 7. The third-order valence-corrected chi connectivity index (χ3v) is 9.49. The monoisotopic (exact) mass is 630 g/mol. The van der Waals surface area contributed by atoms with Crippen LogP contribution < -0.4 is 10.6 Å². The summed E-state index contributed by atoms with van der Waals surface area (Å²) < 4.78 is 2.40. The second kappa shape index (κ2) is 12.4. The van der Waals surface area contributed by atoms with Crippen LogP contribution in [-0.4, -0.2) is 10.4 Å². The van der Waals surface area contributed by atoms with Gasteiger partial charge in [-0.05, 0) is 51.6 Å². The average molecular weight is 631 g/mol. The fraction of sp³-hybridized carbons (Fsp3) is 0.0444. The van der Waals surface area contributed by atoms with Crippen LogP contribution in [0.2, 0.25) is 0 Å². The fourth-order valence-electron chi connectivity index (χ4n) is 7.11. The maximum atomic E-state index is 5.45. The van der Waals surface area contributed by atoms with Crippen molar-refractivity contribution in [1.29, 1.82) is 0 Å². The highest BCUT2D eigenvalue weighted by atomic mass is 15.4. The molecule has 49 heavy (non-hydrogen) atoms. The first-order valence-corrected chi connectivity index (χ1v) is 16.8. The summed E-state index contributed by atoms with van der Waals surface area (Å²) in [5, 5.41) is 10.0. The summed E-state index contributed by atoms with van der Waals surface area (Å²) >= 11 is 0. The first-order chi connectivity index (χ1) is 24.3. The number of aromatic nitrogens is 1. The predicted octanol–water partition coefficient (Wildman–Crippen LogP) is 10.6. The lowest BCUT2D eigenvalue weighted by Gasteiger charge is -2.33. The van der Waals surface area contributed by atoms with Crippen molar-refractivity contribution in [2.75, 3.05) is 0 Å². The molecule has 0 aliphatic carbocycles. The van der Waals surface area contributed by atoms with Crippen molar-refractivity contribution in [1.82, 2.24) is 15.2 Å². The van der Waals surface area contributed by atoms with E-state index in [-0.39, 0.29) is 12.5 Å². The van der Waals surface area contributed by atoms with E-state index in [2.05, 4.69) is 197 Å². The lowest BCUT2D eigenvalue weighted by molar-refractivity contribution is 0.341. The van der Waals surface area contributed by atoms with E-state index in [0.717, 1.165) is 28.0 Å². The quantitative estimate of drug-likeness (QED) is 0.192. The van der Waals surface area contributed by atoms with Crippen molar-refractivity contribution in [2.45, 2.75) is 12.5 Å². The van der Waals surface area contributed by atoms with Crippen LogP contribution in [0.25, 0.3) is 55.2 Å². The van der Waals surface area contributed by atoms with E-state index in [1.807, 2.05) is 0 Å². The molecule has 2 N–H and O–H groups in total. The Morgan fingerprint density at radius 2 is 0.980 bits per heavy atom. The van der Waals surface area contributed by atoms with Crippen LogP contribution in [0.1, 0.15) is 23.6 Å². The Balaban J connectivity index is 1.27. The summed E-state index contributed by atoms with van der Waals surface area (Å²) in [4.78, 5) is 5.45. The van der Waals surface area contributed by atoms with Crippen LogP contribution >= 0.6 is 0 Å². The number of nitrogens with zero attached hydrogens (tertiary/aromatic N) is 2. The molecule has 0 amide bonds. The molecule has 0 bridgehead atoms. The number of hydrogen-bond acceptors (Lipinski definition) is 3. The molecule has 4 nitrogen and oxygen atoms in total. The highest BCUT2D eigenvalue weighted by molar-refractivity contribution is 6.14. The molecular formula is C45H34N4. The summed E-state index contributed by atoms with van der Waals surface area (Å²) in [5.74, 6) is 0.852. The first-order valence-electron chi connectivity index (χ1n) is 16.8. The summed E-state index contributed by atoms with van der Waals surface area (Å²) in [7, 11) is 0. The molecule has 9 rings (SSSR count). The molecule has 1 aliphatic rings. The normalized spacial score (nSPS) is 16.0. The second-order valence-corrected chi connectivity index (χ2v) is 12.5. The van der Waals surface area contributed by atoms with Gasteiger partial charge in [0, 0.05) is 21.9 Å². The van der Waals surface area contributed by atoms with Crippen molar-refractivity contribution in [3.8, 4) is 33.4 Å². The molecule has 1 aromatic heterocycles. The molecule has 7 aromatic carbocycles. The Morgan fingerprint density at radius 3 is 1.65 bits per heavy atom. The summed E-state index contributed by atoms with van der Waals surface area (Å²) in [6, 6.07) is 64.6. The third-order valence-electron chi connectivity index (χ3n) is 9.49. The minimum absolute atomic E-state index is 0.160. The van der Waals surface area contributed by atoms with E-state index < -0.39 is 0 Å². The minimum atomic E-state index is -0.386. The van der Waals surface area contributed by atoms with Gasteiger partial charge in [-0.15, -0.1) is 0 Å². The SMILES string of the molecule is c1ccc(-c2ccc(C3=NC(n4c5ccccc5c5cc(-c6ccccc6)cc(-c6ccccc6)c54)NC(c4ccccc4)N3)cc2)cc1. The fourth-order valence-corrected chi connectivity index (χ4v) is 7.11. The molecule has 234 valence electrons. The van der Waals surface area contributed by atoms with Crippen LogP contribution in [0.3, 0.4) is 0 Å². The number of fused-ring (bicyclic) bond motifs is 3. The van der Waals surface area contributed by atoms with Gasteiger partial charge in [-0.25, -0.2) is 4.99 Å². The summed E-state index contributed by atoms with van der Waals surface area (Å²) in [6.45, 7) is 0. The second-order valence-electron chi connectivity index (χ2n) is 12.5. The summed E-state index contributed by atoms with van der Waals surface area (Å²) in [5.41, 5.74) is 11.6. The zero-order valence-corrected chi connectivity index (χ0v) is 26.9. The van der Waals surface area contributed by atoms with E-state index in [9.17, 15) is 0 Å². The Kier molecular flexibility index (Phi) is 7.34. The van der Waals surface area contributed by atoms with E-state index in [0.29, 0.717) is 0 Å². The smallest absolute Gasteiger partial charge is 0.184 e. The minimum Gasteiger partial charge on any atom is -0.350 e. The molecule has 8 aromatic rings. The van der Waals surface area contributed by atoms with Crippen molar-refractivity contribution in [2.24, 2.45) is 4.99 Å². The number of rotatable bonds is 6. The maximum Gasteiger partial charge on any atom is 0.184 e. The lowest BCUT2D eigenvalue weighted by atomic mass is 9.95. The average Bonchev–Trinajstić information content (AvgIpc) is 3.53. The Hall–Kier alpha value is -6.23. The van der Waals surface area contributed by atoms with E-state index in [1.165, 1.54) is 44.2 Å². The highest BCUT2D eigenvalue weighted by Gasteiger charge is 2.29. The number of nitrogens with one attached hydrogen (secondary N) is 2. The maximum absolute atomic E-state index is 5.45. The number of para-hydroxylation sites is 1. The van der Waals surface area contributed by atoms with Crippen LogP contribution in [-0.2, 0) is 0 Å². The number of hydrogen-bond donors (Lipinski definition) is 2. The molecule has 2 atom stereocenters. The van der Waals surface area contributed by atoms with Gasteiger partial charge in [0.15, 0.2) is 6.29 Å². The van der Waals surface area contributed by atoms with Gasteiger partial charge in [0.1, 0.15) is 12.0 Å². The van der Waals surface area contributed by atoms with Gasteiger partial charge in [0.25, 0.3) is 0 Å². The van der Waals surface area contributed by atoms with E-state index in [1.54, 1.807) is 0 Å². The van der Waals surface area contributed by atoms with Gasteiger partial charge >= 0.3 is 0 Å². The molecule has 0 spiro atoms. The lowest BCUT2D eigenvalue weighted by Crippen LogP contribution is -2.46. The standard InChI is InChI=1S/C45H34N4/c1-5-15-31(16-6-1)33-25-27-36(28-26-33)44-46-43(35-21-11-4-12-22-35)47-45(48-44)49-41-24-14-13-23-38(41)40-30-37(32-17-7-2-8-18-32)29-39(42(40)49)34-19-9-3-10-20-34/h1-30,43,45,47H,(H,46,48). The van der Waals surface area contributed by atoms with Crippen molar-refractivity contribution in [3.05, 3.63) is 193 Å². The molecule has 0 radical (unpaired) electrons. The van der Waals surface area contributed by atoms with Gasteiger partial charge in [0.05, 0.1) is 11.0 Å². The topological polar surface area (TPSA) is 41.4 Å². The molecule has 0 fully saturated rings. The van der Waals surface area contributed by atoms with Crippen molar-refractivity contribution < 1.29 is 0 Å². The van der Waals surface area contributed by atoms with E-state index >= 15 is 0 Å². The van der Waals surface area contributed by atoms with Crippen LogP contribution in [0, 0.1) is 0 Å². The first kappa shape index (κ1) is 29.0. The highest BCUT2D eigenvalue weighted by Crippen LogP contribution is 2.42. The molecular weight excluding hydrogens is 597 g/mol. The predicted molar refractivity (Wildman–Crippen MR) is 203 cm³/mol. The van der Waals surface area contributed by atoms with Crippen molar-refractivity contribution in [3.63, 3.8) is 0 Å². The van der Waals surface area contributed by atoms with Gasteiger partial charge in [-0.2, -0.15) is 0 Å². The number of aliphatic imine (C=N–C) groups is 1. The van der Waals surface area contributed by atoms with Crippen LogP contribution in [0.4, 0.5) is 0 Å². The Morgan fingerprint density at radius 1 is 0.449 bits per heavy atom. The van der Waals surface area contributed by atoms with Gasteiger partial charge in [-0.3, -0.25) is 5.32 Å². The van der Waals surface area contributed by atoms with Crippen LogP contribution in [0.5, 0.6) is 0 Å². The molecule has 0 saturated carbocycles. The van der Waals surface area contributed by atoms with Gasteiger partial charge in [0.2, 0.25) is 0 Å². The Bertz CT molecular complexity index is 2410. The number of amidine groups is 1. The van der Waals surface area contributed by atoms with Crippen LogP contribution in [0.15, 0.2) is 187 Å². The van der Waals surface area contributed by atoms with Gasteiger partial charge in [-0.1, -0.05) is 164 Å². The van der Waals surface area contributed by atoms with Gasteiger partial charge < -0.3 is 9.88 Å². The van der Waals surface area contributed by atoms with Crippen molar-refractivity contribution >= 4 is 27.6 Å². The Labute approximate surface area is 286 Å². The zero-order valence-electron chi connectivity index (χ0n) is 26.9. The van der Waals surface area contributed by atoms with E-state index in [4.69, 9.17) is 4.99 Å². The zero-order chi connectivity index (χ0) is 32.6. The molecule has 1 aliphatic heterocycles. The summed E-state index contributed by atoms with van der Waals surface area (Å²) in [6.07, 6.45) is -0.546. The molecule has 4 heteroatoms. The molecule has 0 saturated heterocycles.